The van der Waals surface area contributed by atoms with Gasteiger partial charge in [-0.05, 0) is 41.5 Å². The molecule has 3 aromatic rings. The summed E-state index contributed by atoms with van der Waals surface area (Å²) in [7, 11) is 3.70. The molecule has 0 atom stereocenters. The maximum atomic E-state index is 12.6. The van der Waals surface area contributed by atoms with Crippen LogP contribution in [0.1, 0.15) is 47.1 Å². The van der Waals surface area contributed by atoms with Gasteiger partial charge in [-0.1, -0.05) is 43.3 Å². The standard InChI is InChI=1S/C18H23N9O2/c1-11(2)13-7-5-12(6-8-13)9-20-22-18(28)15-14(10-26(3)4)27(25-21-15)17-16(19)23-29-24-17/h5-9,11H,10H2,1-4H3,(H2,19,23)(H,22,28)/b20-9+. The van der Waals surface area contributed by atoms with E-state index in [-0.39, 0.29) is 17.3 Å². The summed E-state index contributed by atoms with van der Waals surface area (Å²) in [4.78, 5) is 14.5. The highest BCUT2D eigenvalue weighted by Crippen LogP contribution is 2.17. The van der Waals surface area contributed by atoms with Gasteiger partial charge in [0.25, 0.3) is 5.91 Å². The van der Waals surface area contributed by atoms with Crippen LogP contribution in [0, 0.1) is 0 Å². The van der Waals surface area contributed by atoms with E-state index in [0.717, 1.165) is 5.56 Å². The van der Waals surface area contributed by atoms with E-state index in [1.165, 1.54) is 10.2 Å². The first kappa shape index (κ1) is 20.1. The fourth-order valence-electron chi connectivity index (χ4n) is 2.61. The Morgan fingerprint density at radius 2 is 2.03 bits per heavy atom. The number of rotatable bonds is 7. The van der Waals surface area contributed by atoms with Gasteiger partial charge in [-0.15, -0.1) is 5.10 Å². The lowest BCUT2D eigenvalue weighted by atomic mass is 10.0. The van der Waals surface area contributed by atoms with Crippen LogP contribution in [-0.4, -0.2) is 56.4 Å². The summed E-state index contributed by atoms with van der Waals surface area (Å²) in [6.45, 7) is 4.62. The van der Waals surface area contributed by atoms with Crippen LogP contribution < -0.4 is 11.2 Å². The van der Waals surface area contributed by atoms with E-state index in [4.69, 9.17) is 5.73 Å². The van der Waals surface area contributed by atoms with E-state index in [1.807, 2.05) is 43.3 Å². The van der Waals surface area contributed by atoms with Gasteiger partial charge in [0.2, 0.25) is 11.6 Å². The van der Waals surface area contributed by atoms with Crippen molar-refractivity contribution >= 4 is 17.9 Å². The van der Waals surface area contributed by atoms with Crippen molar-refractivity contribution in [3.8, 4) is 5.82 Å². The maximum absolute atomic E-state index is 12.6. The van der Waals surface area contributed by atoms with Crippen molar-refractivity contribution in [2.24, 2.45) is 5.10 Å². The number of amides is 1. The number of hydrogen-bond donors (Lipinski definition) is 2. The molecule has 11 heteroatoms. The van der Waals surface area contributed by atoms with Crippen LogP contribution in [0.5, 0.6) is 0 Å². The monoisotopic (exact) mass is 397 g/mol. The largest absolute Gasteiger partial charge is 0.378 e. The van der Waals surface area contributed by atoms with Crippen LogP contribution in [0.25, 0.3) is 5.82 Å². The summed E-state index contributed by atoms with van der Waals surface area (Å²) >= 11 is 0. The van der Waals surface area contributed by atoms with Crippen molar-refractivity contribution in [1.29, 1.82) is 0 Å². The topological polar surface area (TPSA) is 140 Å². The number of hydrogen-bond acceptors (Lipinski definition) is 9. The molecule has 0 aliphatic heterocycles. The van der Waals surface area contributed by atoms with E-state index >= 15 is 0 Å². The first-order valence-electron chi connectivity index (χ1n) is 8.98. The second kappa shape index (κ2) is 8.61. The van der Waals surface area contributed by atoms with Gasteiger partial charge in [0, 0.05) is 6.54 Å². The van der Waals surface area contributed by atoms with Crippen LogP contribution in [0.3, 0.4) is 0 Å². The average Bonchev–Trinajstić information content (AvgIpc) is 3.27. The number of anilines is 1. The van der Waals surface area contributed by atoms with E-state index in [1.54, 1.807) is 6.21 Å². The highest BCUT2D eigenvalue weighted by Gasteiger charge is 2.24. The summed E-state index contributed by atoms with van der Waals surface area (Å²) in [5, 5.41) is 19.2. The van der Waals surface area contributed by atoms with Gasteiger partial charge < -0.3 is 10.6 Å². The molecule has 0 unspecified atom stereocenters. The Labute approximate surface area is 167 Å². The van der Waals surface area contributed by atoms with Crippen molar-refractivity contribution < 1.29 is 9.42 Å². The molecule has 11 nitrogen and oxygen atoms in total. The third-order valence-electron chi connectivity index (χ3n) is 4.12. The number of hydrazone groups is 1. The number of nitrogens with one attached hydrogen (secondary N) is 1. The highest BCUT2D eigenvalue weighted by atomic mass is 16.6. The lowest BCUT2D eigenvalue weighted by Crippen LogP contribution is -2.23. The van der Waals surface area contributed by atoms with Crippen LogP contribution in [0.4, 0.5) is 5.82 Å². The molecule has 1 aromatic carbocycles. The summed E-state index contributed by atoms with van der Waals surface area (Å²) in [6.07, 6.45) is 1.57. The quantitative estimate of drug-likeness (QED) is 0.447. The molecule has 3 rings (SSSR count). The third kappa shape index (κ3) is 4.63. The lowest BCUT2D eigenvalue weighted by molar-refractivity contribution is 0.0948. The summed E-state index contributed by atoms with van der Waals surface area (Å²) in [5.41, 5.74) is 10.9. The molecular weight excluding hydrogens is 374 g/mol. The number of aromatic nitrogens is 5. The van der Waals surface area contributed by atoms with Gasteiger partial charge in [0.05, 0.1) is 11.9 Å². The second-order valence-electron chi connectivity index (χ2n) is 7.03. The van der Waals surface area contributed by atoms with Gasteiger partial charge in [0.1, 0.15) is 0 Å². The Morgan fingerprint density at radius 1 is 1.31 bits per heavy atom. The molecule has 0 saturated carbocycles. The van der Waals surface area contributed by atoms with Crippen LogP contribution in [0.15, 0.2) is 34.0 Å². The molecule has 1 amide bonds. The summed E-state index contributed by atoms with van der Waals surface area (Å²) < 4.78 is 5.94. The molecule has 0 spiro atoms. The van der Waals surface area contributed by atoms with Crippen LogP contribution >= 0.6 is 0 Å². The van der Waals surface area contributed by atoms with Gasteiger partial charge in [-0.3, -0.25) is 4.79 Å². The zero-order valence-electron chi connectivity index (χ0n) is 16.7. The van der Waals surface area contributed by atoms with Crippen molar-refractivity contribution in [3.63, 3.8) is 0 Å². The Kier molecular flexibility index (Phi) is 5.98. The number of nitrogen functional groups attached to an aromatic ring is 1. The van der Waals surface area contributed by atoms with Gasteiger partial charge in [0.15, 0.2) is 5.69 Å². The molecule has 29 heavy (non-hydrogen) atoms. The third-order valence-corrected chi connectivity index (χ3v) is 4.12. The second-order valence-corrected chi connectivity index (χ2v) is 7.03. The molecular formula is C18H23N9O2. The minimum Gasteiger partial charge on any atom is -0.378 e. The molecule has 152 valence electrons. The number of carbonyl (C=O) groups is 1. The molecule has 2 aromatic heterocycles. The zero-order valence-corrected chi connectivity index (χ0v) is 16.7. The predicted molar refractivity (Wildman–Crippen MR) is 107 cm³/mol. The number of nitrogens with zero attached hydrogens (tertiary/aromatic N) is 7. The Balaban J connectivity index is 1.78. The molecule has 0 saturated heterocycles. The van der Waals surface area contributed by atoms with Gasteiger partial charge >= 0.3 is 0 Å². The average molecular weight is 397 g/mol. The van der Waals surface area contributed by atoms with Crippen LogP contribution in [-0.2, 0) is 6.54 Å². The van der Waals surface area contributed by atoms with Gasteiger partial charge in [-0.25, -0.2) is 10.1 Å². The van der Waals surface area contributed by atoms with Gasteiger partial charge in [-0.2, -0.15) is 9.78 Å². The first-order valence-corrected chi connectivity index (χ1v) is 8.98. The first-order chi connectivity index (χ1) is 13.9. The van der Waals surface area contributed by atoms with Crippen molar-refractivity contribution in [3.05, 3.63) is 46.8 Å². The molecule has 3 N–H and O–H groups in total. The SMILES string of the molecule is CC(C)c1ccc(/C=N/NC(=O)c2nnn(-c3nonc3N)c2CN(C)C)cc1. The maximum Gasteiger partial charge on any atom is 0.293 e. The lowest BCUT2D eigenvalue weighted by Gasteiger charge is -2.11. The molecule has 0 radical (unpaired) electrons. The van der Waals surface area contributed by atoms with Crippen molar-refractivity contribution in [1.82, 2.24) is 35.6 Å². The zero-order chi connectivity index (χ0) is 21.0. The summed E-state index contributed by atoms with van der Waals surface area (Å²) in [5.74, 6) is 0.164. The van der Waals surface area contributed by atoms with Crippen LogP contribution in [0.2, 0.25) is 0 Å². The number of nitrogens with two attached hydrogens (primary N) is 1. The number of carbonyl (C=O) groups excluding carboxylic acids is 1. The minimum absolute atomic E-state index is 0.0460. The van der Waals surface area contributed by atoms with Crippen molar-refractivity contribution in [2.75, 3.05) is 19.8 Å². The van der Waals surface area contributed by atoms with E-state index in [2.05, 4.69) is 49.6 Å². The Morgan fingerprint density at radius 3 is 2.62 bits per heavy atom. The number of benzene rings is 1. The van der Waals surface area contributed by atoms with E-state index < -0.39 is 5.91 Å². The molecule has 2 heterocycles. The fraction of sp³-hybridized carbons (Fsp3) is 0.333. The molecule has 0 aliphatic rings. The van der Waals surface area contributed by atoms with Crippen molar-refractivity contribution in [2.45, 2.75) is 26.3 Å². The molecule has 0 bridgehead atoms. The minimum atomic E-state index is -0.502. The molecule has 0 fully saturated rings. The Hall–Kier alpha value is -3.60. The normalized spacial score (nSPS) is 11.7. The fourth-order valence-corrected chi connectivity index (χ4v) is 2.61. The van der Waals surface area contributed by atoms with E-state index in [0.29, 0.717) is 18.2 Å². The highest BCUT2D eigenvalue weighted by molar-refractivity contribution is 5.94. The Bertz CT molecular complexity index is 1000. The summed E-state index contributed by atoms with van der Waals surface area (Å²) in [6, 6.07) is 7.95. The molecule has 0 aliphatic carbocycles. The smallest absolute Gasteiger partial charge is 0.293 e. The predicted octanol–water partition coefficient (Wildman–Crippen LogP) is 1.18. The van der Waals surface area contributed by atoms with E-state index in [9.17, 15) is 4.79 Å².